The first kappa shape index (κ1) is 17.7. The second kappa shape index (κ2) is 8.35. The lowest BCUT2D eigenvalue weighted by Crippen LogP contribution is -2.46. The van der Waals surface area contributed by atoms with E-state index in [9.17, 15) is 4.79 Å². The van der Waals surface area contributed by atoms with Gasteiger partial charge in [-0.15, -0.1) is 0 Å². The second-order valence-corrected chi connectivity index (χ2v) is 6.91. The molecule has 2 aromatic heterocycles. The molecule has 0 saturated carbocycles. The molecular weight excluding hydrogens is 342 g/mol. The number of ether oxygens (including phenoxy) is 1. The lowest BCUT2D eigenvalue weighted by atomic mass is 10.2. The number of carbonyl (C=O) groups excluding carboxylic acids is 1. The van der Waals surface area contributed by atoms with Crippen LogP contribution in [0.5, 0.6) is 0 Å². The molecule has 27 heavy (non-hydrogen) atoms. The summed E-state index contributed by atoms with van der Waals surface area (Å²) in [6, 6.07) is 9.83. The third-order valence-electron chi connectivity index (χ3n) is 5.11. The van der Waals surface area contributed by atoms with Crippen molar-refractivity contribution >= 4 is 17.4 Å². The highest BCUT2D eigenvalue weighted by atomic mass is 16.5. The molecule has 2 aliphatic rings. The SMILES string of the molecule is O=C(NCC1CCCO1)c1cc(N2CCN(c3ccccn3)CC2)ccn1. The molecule has 4 heterocycles. The first-order valence-electron chi connectivity index (χ1n) is 9.56. The monoisotopic (exact) mass is 367 g/mol. The molecule has 1 atom stereocenters. The highest BCUT2D eigenvalue weighted by molar-refractivity contribution is 5.93. The Kier molecular flexibility index (Phi) is 5.48. The van der Waals surface area contributed by atoms with Gasteiger partial charge in [-0.05, 0) is 37.1 Å². The van der Waals surface area contributed by atoms with E-state index in [1.807, 2.05) is 36.5 Å². The predicted molar refractivity (Wildman–Crippen MR) is 104 cm³/mol. The fourth-order valence-corrected chi connectivity index (χ4v) is 3.58. The number of amides is 1. The summed E-state index contributed by atoms with van der Waals surface area (Å²) in [7, 11) is 0. The number of carbonyl (C=O) groups is 1. The molecule has 0 spiro atoms. The fraction of sp³-hybridized carbons (Fsp3) is 0.450. The Hall–Kier alpha value is -2.67. The molecule has 7 heteroatoms. The molecule has 1 unspecified atom stereocenters. The van der Waals surface area contributed by atoms with E-state index in [4.69, 9.17) is 4.74 Å². The van der Waals surface area contributed by atoms with Crippen molar-refractivity contribution in [2.75, 3.05) is 49.1 Å². The Labute approximate surface area is 159 Å². The Morgan fingerprint density at radius 2 is 1.96 bits per heavy atom. The molecule has 1 N–H and O–H groups in total. The van der Waals surface area contributed by atoms with E-state index >= 15 is 0 Å². The Bertz CT molecular complexity index is 756. The number of piperazine rings is 1. The largest absolute Gasteiger partial charge is 0.376 e. The summed E-state index contributed by atoms with van der Waals surface area (Å²) >= 11 is 0. The van der Waals surface area contributed by atoms with Gasteiger partial charge >= 0.3 is 0 Å². The number of anilines is 2. The molecule has 142 valence electrons. The van der Waals surface area contributed by atoms with Crippen LogP contribution in [-0.4, -0.2) is 61.3 Å². The topological polar surface area (TPSA) is 70.6 Å². The third-order valence-corrected chi connectivity index (χ3v) is 5.11. The molecule has 0 bridgehead atoms. The number of nitrogens with zero attached hydrogens (tertiary/aromatic N) is 4. The zero-order valence-electron chi connectivity index (χ0n) is 15.4. The predicted octanol–water partition coefficient (Wildman–Crippen LogP) is 1.71. The minimum Gasteiger partial charge on any atom is -0.376 e. The van der Waals surface area contributed by atoms with E-state index in [1.165, 1.54) is 0 Å². The standard InChI is InChI=1S/C20H25N5O2/c26-20(23-15-17-4-3-13-27-17)18-14-16(6-8-21-18)24-9-11-25(12-10-24)19-5-1-2-7-22-19/h1-2,5-8,14,17H,3-4,9-13,15H2,(H,23,26). The molecule has 2 aliphatic heterocycles. The Balaban J connectivity index is 1.34. The molecule has 1 amide bonds. The highest BCUT2D eigenvalue weighted by Crippen LogP contribution is 2.19. The minimum absolute atomic E-state index is 0.136. The lowest BCUT2D eigenvalue weighted by molar-refractivity contribution is 0.0853. The third kappa shape index (κ3) is 4.36. The zero-order chi connectivity index (χ0) is 18.5. The van der Waals surface area contributed by atoms with Crippen LogP contribution in [0.25, 0.3) is 0 Å². The maximum Gasteiger partial charge on any atom is 0.270 e. The van der Waals surface area contributed by atoms with Crippen LogP contribution < -0.4 is 15.1 Å². The number of hydrogen-bond acceptors (Lipinski definition) is 6. The average molecular weight is 367 g/mol. The smallest absolute Gasteiger partial charge is 0.270 e. The van der Waals surface area contributed by atoms with Crippen molar-refractivity contribution in [1.29, 1.82) is 0 Å². The van der Waals surface area contributed by atoms with Crippen LogP contribution >= 0.6 is 0 Å². The summed E-state index contributed by atoms with van der Waals surface area (Å²) in [5, 5.41) is 2.94. The van der Waals surface area contributed by atoms with Crippen molar-refractivity contribution in [3.63, 3.8) is 0 Å². The van der Waals surface area contributed by atoms with Crippen LogP contribution in [0.3, 0.4) is 0 Å². The van der Waals surface area contributed by atoms with Crippen LogP contribution in [0.15, 0.2) is 42.7 Å². The molecule has 2 saturated heterocycles. The van der Waals surface area contributed by atoms with Gasteiger partial charge in [-0.25, -0.2) is 4.98 Å². The van der Waals surface area contributed by atoms with Crippen molar-refractivity contribution in [2.45, 2.75) is 18.9 Å². The van der Waals surface area contributed by atoms with Gasteiger partial charge in [-0.2, -0.15) is 0 Å². The molecule has 4 rings (SSSR count). The quantitative estimate of drug-likeness (QED) is 0.868. The van der Waals surface area contributed by atoms with E-state index in [1.54, 1.807) is 6.20 Å². The van der Waals surface area contributed by atoms with Crippen LogP contribution in [0, 0.1) is 0 Å². The first-order valence-corrected chi connectivity index (χ1v) is 9.56. The molecule has 2 fully saturated rings. The number of rotatable bonds is 5. The number of pyridine rings is 2. The van der Waals surface area contributed by atoms with E-state index in [0.29, 0.717) is 12.2 Å². The summed E-state index contributed by atoms with van der Waals surface area (Å²) in [6.07, 6.45) is 5.75. The molecule has 0 aliphatic carbocycles. The van der Waals surface area contributed by atoms with Gasteiger partial charge < -0.3 is 19.9 Å². The fourth-order valence-electron chi connectivity index (χ4n) is 3.58. The van der Waals surface area contributed by atoms with E-state index in [0.717, 1.165) is 57.1 Å². The summed E-state index contributed by atoms with van der Waals surface area (Å²) in [5.74, 6) is 0.876. The van der Waals surface area contributed by atoms with E-state index in [2.05, 4.69) is 25.1 Å². The van der Waals surface area contributed by atoms with Gasteiger partial charge in [0.15, 0.2) is 0 Å². The Morgan fingerprint density at radius 3 is 2.70 bits per heavy atom. The zero-order valence-corrected chi connectivity index (χ0v) is 15.4. The highest BCUT2D eigenvalue weighted by Gasteiger charge is 2.20. The normalized spacial score (nSPS) is 19.9. The van der Waals surface area contributed by atoms with Gasteiger partial charge in [0, 0.05) is 57.4 Å². The number of nitrogens with one attached hydrogen (secondary N) is 1. The van der Waals surface area contributed by atoms with Gasteiger partial charge in [-0.1, -0.05) is 6.07 Å². The van der Waals surface area contributed by atoms with Crippen LogP contribution in [0.4, 0.5) is 11.5 Å². The first-order chi connectivity index (χ1) is 13.3. The second-order valence-electron chi connectivity index (χ2n) is 6.91. The Morgan fingerprint density at radius 1 is 1.11 bits per heavy atom. The summed E-state index contributed by atoms with van der Waals surface area (Å²) in [4.78, 5) is 25.7. The maximum absolute atomic E-state index is 12.4. The van der Waals surface area contributed by atoms with Crippen molar-refractivity contribution < 1.29 is 9.53 Å². The van der Waals surface area contributed by atoms with Crippen molar-refractivity contribution in [3.8, 4) is 0 Å². The molecule has 0 aromatic carbocycles. The molecule has 7 nitrogen and oxygen atoms in total. The van der Waals surface area contributed by atoms with Crippen molar-refractivity contribution in [3.05, 3.63) is 48.4 Å². The van der Waals surface area contributed by atoms with Gasteiger partial charge in [0.2, 0.25) is 0 Å². The number of aromatic nitrogens is 2. The van der Waals surface area contributed by atoms with Gasteiger partial charge in [0.05, 0.1) is 6.10 Å². The molecular formula is C20H25N5O2. The maximum atomic E-state index is 12.4. The van der Waals surface area contributed by atoms with Gasteiger partial charge in [0.25, 0.3) is 5.91 Å². The van der Waals surface area contributed by atoms with E-state index < -0.39 is 0 Å². The van der Waals surface area contributed by atoms with Crippen molar-refractivity contribution in [1.82, 2.24) is 15.3 Å². The average Bonchev–Trinajstić information content (AvgIpc) is 3.27. The van der Waals surface area contributed by atoms with Crippen LogP contribution in [0.2, 0.25) is 0 Å². The van der Waals surface area contributed by atoms with Crippen molar-refractivity contribution in [2.24, 2.45) is 0 Å². The summed E-state index contributed by atoms with van der Waals surface area (Å²) in [6.45, 7) is 4.92. The molecule has 2 aromatic rings. The number of hydrogen-bond donors (Lipinski definition) is 1. The molecule has 0 radical (unpaired) electrons. The van der Waals surface area contributed by atoms with Crippen LogP contribution in [0.1, 0.15) is 23.3 Å². The lowest BCUT2D eigenvalue weighted by Gasteiger charge is -2.36. The summed E-state index contributed by atoms with van der Waals surface area (Å²) in [5.41, 5.74) is 1.49. The van der Waals surface area contributed by atoms with E-state index in [-0.39, 0.29) is 12.0 Å². The van der Waals surface area contributed by atoms with Gasteiger partial charge in [0.1, 0.15) is 11.5 Å². The minimum atomic E-state index is -0.139. The van der Waals surface area contributed by atoms with Crippen LogP contribution in [-0.2, 0) is 4.74 Å². The summed E-state index contributed by atoms with van der Waals surface area (Å²) < 4.78 is 5.55. The van der Waals surface area contributed by atoms with Gasteiger partial charge in [-0.3, -0.25) is 9.78 Å².